The number of carbonyl (C=O) groups excluding carboxylic acids is 1. The Bertz CT molecular complexity index is 890. The monoisotopic (exact) mass is 393 g/mol. The van der Waals surface area contributed by atoms with Crippen LogP contribution in [0.4, 0.5) is 5.13 Å². The van der Waals surface area contributed by atoms with Crippen molar-refractivity contribution >= 4 is 45.3 Å². The molecule has 0 radical (unpaired) electrons. The number of carbonyl (C=O) groups is 1. The zero-order valence-corrected chi connectivity index (χ0v) is 16.3. The zero-order chi connectivity index (χ0) is 18.0. The molecule has 0 aliphatic heterocycles. The fraction of sp³-hybridized carbons (Fsp3) is 0.235. The molecule has 8 heteroatoms. The molecule has 0 bridgehead atoms. The van der Waals surface area contributed by atoms with Crippen LogP contribution in [0, 0.1) is 13.8 Å². The third-order valence-electron chi connectivity index (χ3n) is 3.37. The molecule has 0 aliphatic carbocycles. The number of hydrogen-bond acceptors (Lipinski definition) is 6. The smallest absolute Gasteiger partial charge is 0.266 e. The van der Waals surface area contributed by atoms with Crippen molar-refractivity contribution in [2.75, 3.05) is 5.32 Å². The Morgan fingerprint density at radius 2 is 1.96 bits per heavy atom. The molecule has 0 aliphatic rings. The van der Waals surface area contributed by atoms with Crippen molar-refractivity contribution < 1.29 is 9.53 Å². The second-order valence-corrected chi connectivity index (χ2v) is 7.89. The van der Waals surface area contributed by atoms with Crippen LogP contribution in [0.2, 0.25) is 5.02 Å². The average molecular weight is 394 g/mol. The first-order chi connectivity index (χ1) is 11.9. The number of hydrogen-bond donors (Lipinski definition) is 1. The van der Waals surface area contributed by atoms with E-state index in [1.54, 1.807) is 42.5 Å². The van der Waals surface area contributed by atoms with Gasteiger partial charge in [0.25, 0.3) is 5.91 Å². The van der Waals surface area contributed by atoms with Crippen LogP contribution < -0.4 is 10.1 Å². The molecule has 1 amide bonds. The van der Waals surface area contributed by atoms with E-state index in [0.717, 1.165) is 21.3 Å². The molecule has 2 heterocycles. The number of ether oxygens (including phenoxy) is 1. The molecule has 1 unspecified atom stereocenters. The Balaban J connectivity index is 1.65. The Kier molecular flexibility index (Phi) is 5.36. The molecule has 1 atom stereocenters. The van der Waals surface area contributed by atoms with Gasteiger partial charge in [-0.3, -0.25) is 10.1 Å². The van der Waals surface area contributed by atoms with Gasteiger partial charge in [-0.1, -0.05) is 11.6 Å². The number of amides is 1. The van der Waals surface area contributed by atoms with Gasteiger partial charge in [0.2, 0.25) is 0 Å². The van der Waals surface area contributed by atoms with Crippen LogP contribution in [0.1, 0.15) is 17.6 Å². The van der Waals surface area contributed by atoms with E-state index in [9.17, 15) is 4.79 Å². The predicted octanol–water partition coefficient (Wildman–Crippen LogP) is 4.94. The molecule has 0 saturated heterocycles. The van der Waals surface area contributed by atoms with E-state index in [1.165, 1.54) is 11.3 Å². The molecule has 130 valence electrons. The summed E-state index contributed by atoms with van der Waals surface area (Å²) in [7, 11) is 0. The third kappa shape index (κ3) is 4.36. The van der Waals surface area contributed by atoms with E-state index in [0.29, 0.717) is 15.9 Å². The van der Waals surface area contributed by atoms with E-state index in [1.807, 2.05) is 19.2 Å². The second kappa shape index (κ2) is 7.51. The summed E-state index contributed by atoms with van der Waals surface area (Å²) in [5.74, 6) is 0.329. The first-order valence-electron chi connectivity index (χ1n) is 7.55. The van der Waals surface area contributed by atoms with Crippen molar-refractivity contribution in [3.05, 3.63) is 45.4 Å². The summed E-state index contributed by atoms with van der Waals surface area (Å²) in [6, 6.07) is 6.88. The molecule has 1 aromatic carbocycles. The first-order valence-corrected chi connectivity index (χ1v) is 9.63. The van der Waals surface area contributed by atoms with E-state index in [4.69, 9.17) is 16.3 Å². The van der Waals surface area contributed by atoms with E-state index < -0.39 is 6.10 Å². The van der Waals surface area contributed by atoms with Gasteiger partial charge < -0.3 is 4.74 Å². The maximum absolute atomic E-state index is 12.3. The summed E-state index contributed by atoms with van der Waals surface area (Å²) in [4.78, 5) is 22.2. The Morgan fingerprint density at radius 1 is 1.24 bits per heavy atom. The van der Waals surface area contributed by atoms with Gasteiger partial charge in [0.05, 0.1) is 21.3 Å². The maximum atomic E-state index is 12.3. The summed E-state index contributed by atoms with van der Waals surface area (Å²) in [6.07, 6.45) is -0.652. The number of rotatable bonds is 5. The van der Waals surface area contributed by atoms with Crippen molar-refractivity contribution in [3.8, 4) is 16.3 Å². The lowest BCUT2D eigenvalue weighted by Crippen LogP contribution is -2.30. The summed E-state index contributed by atoms with van der Waals surface area (Å²) in [6.45, 7) is 5.61. The van der Waals surface area contributed by atoms with Crippen molar-refractivity contribution in [2.24, 2.45) is 0 Å². The molecule has 2 aromatic heterocycles. The van der Waals surface area contributed by atoms with Gasteiger partial charge >= 0.3 is 0 Å². The quantitative estimate of drug-likeness (QED) is 0.666. The zero-order valence-electron chi connectivity index (χ0n) is 13.9. The normalized spacial score (nSPS) is 12.0. The fourth-order valence-electron chi connectivity index (χ4n) is 2.18. The largest absolute Gasteiger partial charge is 0.481 e. The molecule has 0 spiro atoms. The number of aromatic nitrogens is 2. The molecule has 25 heavy (non-hydrogen) atoms. The van der Waals surface area contributed by atoms with Gasteiger partial charge in [-0.05, 0) is 45.0 Å². The predicted molar refractivity (Wildman–Crippen MR) is 103 cm³/mol. The molecule has 0 saturated carbocycles. The minimum Gasteiger partial charge on any atom is -0.481 e. The number of nitrogens with zero attached hydrogens (tertiary/aromatic N) is 2. The first kappa shape index (κ1) is 17.8. The number of nitrogens with one attached hydrogen (secondary N) is 1. The van der Waals surface area contributed by atoms with Gasteiger partial charge in [-0.25, -0.2) is 9.97 Å². The molecular weight excluding hydrogens is 378 g/mol. The maximum Gasteiger partial charge on any atom is 0.266 e. The summed E-state index contributed by atoms with van der Waals surface area (Å²) >= 11 is 8.81. The highest BCUT2D eigenvalue weighted by atomic mass is 35.5. The van der Waals surface area contributed by atoms with Crippen LogP contribution in [0.15, 0.2) is 29.6 Å². The van der Waals surface area contributed by atoms with Crippen molar-refractivity contribution in [1.29, 1.82) is 0 Å². The summed E-state index contributed by atoms with van der Waals surface area (Å²) in [5.41, 5.74) is 1.78. The molecule has 0 fully saturated rings. The Morgan fingerprint density at radius 3 is 2.60 bits per heavy atom. The van der Waals surface area contributed by atoms with E-state index in [2.05, 4.69) is 15.3 Å². The van der Waals surface area contributed by atoms with Gasteiger partial charge in [0, 0.05) is 10.4 Å². The highest BCUT2D eigenvalue weighted by Crippen LogP contribution is 2.32. The van der Waals surface area contributed by atoms with Crippen LogP contribution in [0.5, 0.6) is 5.75 Å². The van der Waals surface area contributed by atoms with Crippen LogP contribution >= 0.6 is 34.3 Å². The Labute approximate surface area is 158 Å². The molecule has 3 rings (SSSR count). The minimum atomic E-state index is -0.652. The molecule has 3 aromatic rings. The van der Waals surface area contributed by atoms with Crippen LogP contribution in [0.3, 0.4) is 0 Å². The van der Waals surface area contributed by atoms with Gasteiger partial charge in [-0.15, -0.1) is 22.7 Å². The van der Waals surface area contributed by atoms with Crippen LogP contribution in [0.25, 0.3) is 10.6 Å². The number of thiazole rings is 2. The Hall–Kier alpha value is -1.96. The third-order valence-corrected chi connectivity index (χ3v) is 5.47. The highest BCUT2D eigenvalue weighted by molar-refractivity contribution is 7.16. The van der Waals surface area contributed by atoms with Gasteiger partial charge in [0.1, 0.15) is 5.75 Å². The number of aryl methyl sites for hydroxylation is 2. The van der Waals surface area contributed by atoms with Gasteiger partial charge in [0.15, 0.2) is 11.2 Å². The van der Waals surface area contributed by atoms with Crippen molar-refractivity contribution in [3.63, 3.8) is 0 Å². The average Bonchev–Trinajstić information content (AvgIpc) is 3.15. The molecule has 1 N–H and O–H groups in total. The van der Waals surface area contributed by atoms with E-state index >= 15 is 0 Å². The number of anilines is 1. The topological polar surface area (TPSA) is 64.1 Å². The summed E-state index contributed by atoms with van der Waals surface area (Å²) < 4.78 is 5.62. The number of halogens is 1. The van der Waals surface area contributed by atoms with Crippen LogP contribution in [-0.4, -0.2) is 22.0 Å². The lowest BCUT2D eigenvalue weighted by molar-refractivity contribution is -0.122. The molecular formula is C17H16ClN3O2S2. The number of benzene rings is 1. The van der Waals surface area contributed by atoms with Crippen molar-refractivity contribution in [1.82, 2.24) is 9.97 Å². The SMILES string of the molecule is Cc1nc(C)c(-c2csc(NC(=O)C(C)Oc3ccc(Cl)cc3)n2)s1. The lowest BCUT2D eigenvalue weighted by Gasteiger charge is -2.13. The van der Waals surface area contributed by atoms with Crippen molar-refractivity contribution in [2.45, 2.75) is 26.9 Å². The van der Waals surface area contributed by atoms with Crippen LogP contribution in [-0.2, 0) is 4.79 Å². The van der Waals surface area contributed by atoms with E-state index in [-0.39, 0.29) is 5.91 Å². The molecule has 5 nitrogen and oxygen atoms in total. The standard InChI is InChI=1S/C17H16ClN3O2S2/c1-9-15(25-11(3)19-9)14-8-24-17(20-14)21-16(22)10(2)23-13-6-4-12(18)5-7-13/h4-8,10H,1-3H3,(H,20,21,22). The fourth-order valence-corrected chi connectivity index (χ4v) is 3.97. The minimum absolute atomic E-state index is 0.256. The summed E-state index contributed by atoms with van der Waals surface area (Å²) in [5, 5.41) is 6.86. The second-order valence-electron chi connectivity index (χ2n) is 5.39. The lowest BCUT2D eigenvalue weighted by atomic mass is 10.3. The highest BCUT2D eigenvalue weighted by Gasteiger charge is 2.18. The van der Waals surface area contributed by atoms with Gasteiger partial charge in [-0.2, -0.15) is 0 Å².